The minimum Gasteiger partial charge on any atom is -0.478 e. The zero-order valence-corrected chi connectivity index (χ0v) is 10.7. The van der Waals surface area contributed by atoms with Gasteiger partial charge in [-0.2, -0.15) is 0 Å². The minimum atomic E-state index is -0.867. The van der Waals surface area contributed by atoms with E-state index in [1.165, 1.54) is 0 Å². The van der Waals surface area contributed by atoms with E-state index < -0.39 is 5.97 Å². The summed E-state index contributed by atoms with van der Waals surface area (Å²) in [5.41, 5.74) is 1.20. The van der Waals surface area contributed by atoms with Crippen LogP contribution in [0.1, 0.15) is 24.2 Å². The molecule has 0 aliphatic heterocycles. The second kappa shape index (κ2) is 5.08. The summed E-state index contributed by atoms with van der Waals surface area (Å²) in [4.78, 5) is 13.6. The van der Waals surface area contributed by atoms with Gasteiger partial charge in [0.2, 0.25) is 0 Å². The first-order valence-corrected chi connectivity index (χ1v) is 6.19. The summed E-state index contributed by atoms with van der Waals surface area (Å²) in [5, 5.41) is 11.2. The molecule has 1 N–H and O–H groups in total. The topological polar surface area (TPSA) is 40.5 Å². The Kier molecular flexibility index (Phi) is 3.51. The number of benzene rings is 2. The number of carboxylic acid groups (broad SMARTS) is 1. The molecule has 0 heterocycles. The van der Waals surface area contributed by atoms with Crippen LogP contribution in [-0.4, -0.2) is 24.2 Å². The molecular formula is C15H17NO2. The molecule has 2 rings (SSSR count). The van der Waals surface area contributed by atoms with Gasteiger partial charge >= 0.3 is 5.97 Å². The molecule has 3 nitrogen and oxygen atoms in total. The van der Waals surface area contributed by atoms with Gasteiger partial charge in [-0.1, -0.05) is 30.3 Å². The van der Waals surface area contributed by atoms with Crippen molar-refractivity contribution in [3.63, 3.8) is 0 Å². The molecule has 0 radical (unpaired) electrons. The number of hydrogen-bond donors (Lipinski definition) is 1. The maximum atomic E-state index is 11.5. The maximum absolute atomic E-state index is 11.5. The van der Waals surface area contributed by atoms with E-state index >= 15 is 0 Å². The average Bonchev–Trinajstić information content (AvgIpc) is 2.39. The summed E-state index contributed by atoms with van der Waals surface area (Å²) in [6.07, 6.45) is 0. The lowest BCUT2D eigenvalue weighted by Crippen LogP contribution is -2.24. The van der Waals surface area contributed by atoms with Gasteiger partial charge in [0.1, 0.15) is 0 Å². The first kappa shape index (κ1) is 12.4. The third kappa shape index (κ3) is 2.04. The van der Waals surface area contributed by atoms with Crippen molar-refractivity contribution in [1.82, 2.24) is 0 Å². The fourth-order valence-electron chi connectivity index (χ4n) is 2.31. The van der Waals surface area contributed by atoms with Crippen molar-refractivity contribution >= 4 is 22.4 Å². The van der Waals surface area contributed by atoms with Crippen LogP contribution in [0.15, 0.2) is 36.4 Å². The smallest absolute Gasteiger partial charge is 0.338 e. The van der Waals surface area contributed by atoms with E-state index in [-0.39, 0.29) is 0 Å². The Morgan fingerprint density at radius 1 is 1.11 bits per heavy atom. The second-order valence-corrected chi connectivity index (χ2v) is 4.16. The molecule has 0 fully saturated rings. The lowest BCUT2D eigenvalue weighted by Gasteiger charge is -2.23. The summed E-state index contributed by atoms with van der Waals surface area (Å²) in [5.74, 6) is -0.867. The molecule has 0 bridgehead atoms. The predicted molar refractivity (Wildman–Crippen MR) is 74.5 cm³/mol. The van der Waals surface area contributed by atoms with Crippen LogP contribution in [0.5, 0.6) is 0 Å². The molecule has 0 unspecified atom stereocenters. The van der Waals surface area contributed by atoms with Gasteiger partial charge in [-0.15, -0.1) is 0 Å². The number of carboxylic acids is 1. The Labute approximate surface area is 107 Å². The van der Waals surface area contributed by atoms with Gasteiger partial charge in [0.25, 0.3) is 0 Å². The Bertz CT molecular complexity index is 574. The van der Waals surface area contributed by atoms with Gasteiger partial charge in [-0.25, -0.2) is 4.79 Å². The van der Waals surface area contributed by atoms with Gasteiger partial charge in [-0.05, 0) is 30.7 Å². The summed E-state index contributed by atoms with van der Waals surface area (Å²) >= 11 is 0. The average molecular weight is 243 g/mol. The first-order chi connectivity index (χ1) is 8.69. The highest BCUT2D eigenvalue weighted by atomic mass is 16.4. The quantitative estimate of drug-likeness (QED) is 0.894. The Morgan fingerprint density at radius 3 is 2.39 bits per heavy atom. The maximum Gasteiger partial charge on any atom is 0.338 e. The molecule has 2 aromatic rings. The van der Waals surface area contributed by atoms with Crippen LogP contribution < -0.4 is 4.90 Å². The largest absolute Gasteiger partial charge is 0.478 e. The van der Waals surface area contributed by atoms with Crippen LogP contribution in [0.3, 0.4) is 0 Å². The summed E-state index contributed by atoms with van der Waals surface area (Å²) in [6, 6.07) is 11.5. The molecule has 0 amide bonds. The van der Waals surface area contributed by atoms with Crippen molar-refractivity contribution < 1.29 is 9.90 Å². The Morgan fingerprint density at radius 2 is 1.78 bits per heavy atom. The van der Waals surface area contributed by atoms with Crippen LogP contribution in [-0.2, 0) is 0 Å². The monoisotopic (exact) mass is 243 g/mol. The van der Waals surface area contributed by atoms with Crippen LogP contribution in [0.2, 0.25) is 0 Å². The summed E-state index contributed by atoms with van der Waals surface area (Å²) < 4.78 is 0. The standard InChI is InChI=1S/C15H17NO2/c1-3-16(4-2)13-10-9-11-7-5-6-8-12(11)14(13)15(17)18/h5-10H,3-4H2,1-2H3,(H,17,18). The van der Waals surface area contributed by atoms with Crippen molar-refractivity contribution in [1.29, 1.82) is 0 Å². The molecule has 0 saturated carbocycles. The van der Waals surface area contributed by atoms with Gasteiger partial charge < -0.3 is 10.0 Å². The van der Waals surface area contributed by atoms with Crippen molar-refractivity contribution in [2.75, 3.05) is 18.0 Å². The molecule has 18 heavy (non-hydrogen) atoms. The summed E-state index contributed by atoms with van der Waals surface area (Å²) in [7, 11) is 0. The number of anilines is 1. The van der Waals surface area contributed by atoms with Gasteiger partial charge in [-0.3, -0.25) is 0 Å². The lowest BCUT2D eigenvalue weighted by atomic mass is 10.0. The second-order valence-electron chi connectivity index (χ2n) is 4.16. The highest BCUT2D eigenvalue weighted by molar-refractivity contribution is 6.08. The van der Waals surface area contributed by atoms with E-state index in [0.717, 1.165) is 29.5 Å². The zero-order chi connectivity index (χ0) is 13.1. The number of rotatable bonds is 4. The number of hydrogen-bond acceptors (Lipinski definition) is 2. The molecule has 0 aliphatic rings. The van der Waals surface area contributed by atoms with Crippen molar-refractivity contribution in [2.24, 2.45) is 0 Å². The van der Waals surface area contributed by atoms with Gasteiger partial charge in [0.15, 0.2) is 0 Å². The highest BCUT2D eigenvalue weighted by Crippen LogP contribution is 2.28. The van der Waals surface area contributed by atoms with E-state index in [0.29, 0.717) is 5.56 Å². The van der Waals surface area contributed by atoms with Crippen molar-refractivity contribution in [3.05, 3.63) is 42.0 Å². The van der Waals surface area contributed by atoms with Crippen LogP contribution in [0.4, 0.5) is 5.69 Å². The molecule has 0 atom stereocenters. The van der Waals surface area contributed by atoms with E-state index in [1.54, 1.807) is 0 Å². The Balaban J connectivity index is 2.74. The van der Waals surface area contributed by atoms with E-state index in [1.807, 2.05) is 50.2 Å². The first-order valence-electron chi connectivity index (χ1n) is 6.19. The number of aromatic carboxylic acids is 1. The van der Waals surface area contributed by atoms with E-state index in [9.17, 15) is 9.90 Å². The van der Waals surface area contributed by atoms with Crippen LogP contribution in [0.25, 0.3) is 10.8 Å². The van der Waals surface area contributed by atoms with Crippen LogP contribution in [0, 0.1) is 0 Å². The molecule has 0 aromatic heterocycles. The molecule has 3 heteroatoms. The SMILES string of the molecule is CCN(CC)c1ccc2ccccc2c1C(=O)O. The summed E-state index contributed by atoms with van der Waals surface area (Å²) in [6.45, 7) is 5.67. The molecular weight excluding hydrogens is 226 g/mol. The molecule has 0 aliphatic carbocycles. The fraction of sp³-hybridized carbons (Fsp3) is 0.267. The highest BCUT2D eigenvalue weighted by Gasteiger charge is 2.17. The number of nitrogens with zero attached hydrogens (tertiary/aromatic N) is 1. The third-order valence-electron chi connectivity index (χ3n) is 3.23. The molecule has 2 aromatic carbocycles. The van der Waals surface area contributed by atoms with Gasteiger partial charge in [0.05, 0.1) is 11.3 Å². The van der Waals surface area contributed by atoms with Crippen molar-refractivity contribution in [2.45, 2.75) is 13.8 Å². The normalized spacial score (nSPS) is 10.6. The molecule has 0 saturated heterocycles. The zero-order valence-electron chi connectivity index (χ0n) is 10.7. The van der Waals surface area contributed by atoms with E-state index in [2.05, 4.69) is 4.90 Å². The van der Waals surface area contributed by atoms with E-state index in [4.69, 9.17) is 0 Å². The van der Waals surface area contributed by atoms with Crippen LogP contribution >= 0.6 is 0 Å². The Hall–Kier alpha value is -2.03. The van der Waals surface area contributed by atoms with Gasteiger partial charge in [0, 0.05) is 13.1 Å². The third-order valence-corrected chi connectivity index (χ3v) is 3.23. The minimum absolute atomic E-state index is 0.400. The molecule has 94 valence electrons. The molecule has 0 spiro atoms. The number of fused-ring (bicyclic) bond motifs is 1. The predicted octanol–water partition coefficient (Wildman–Crippen LogP) is 3.38. The lowest BCUT2D eigenvalue weighted by molar-refractivity contribution is 0.0699. The number of carbonyl (C=O) groups is 1. The van der Waals surface area contributed by atoms with Crippen molar-refractivity contribution in [3.8, 4) is 0 Å². The fourth-order valence-corrected chi connectivity index (χ4v) is 2.31.